The number of hydrogen-bond donors (Lipinski definition) is 0. The maximum Gasteiger partial charge on any atom is 0.423 e. The number of terminal acetylenes is 1. The largest absolute Gasteiger partial charge is 0.496 e. The summed E-state index contributed by atoms with van der Waals surface area (Å²) in [6, 6.07) is 6.16. The van der Waals surface area contributed by atoms with E-state index >= 15 is 0 Å². The molecule has 2 fully saturated rings. The first kappa shape index (κ1) is 23.9. The lowest BCUT2D eigenvalue weighted by Gasteiger charge is -2.12. The van der Waals surface area contributed by atoms with Gasteiger partial charge in [-0.15, -0.1) is 23.0 Å². The van der Waals surface area contributed by atoms with E-state index in [1.54, 1.807) is 12.1 Å². The van der Waals surface area contributed by atoms with E-state index in [0.717, 1.165) is 25.7 Å². The average molecular weight is 468 g/mol. The Hall–Kier alpha value is -2.79. The predicted molar refractivity (Wildman–Crippen MR) is 114 cm³/mol. The Kier molecular flexibility index (Phi) is 7.29. The second kappa shape index (κ2) is 9.78. The number of hydrogen-bond acceptors (Lipinski definition) is 3. The van der Waals surface area contributed by atoms with Crippen LogP contribution in [0.5, 0.6) is 5.75 Å². The molecule has 1 aromatic carbocycles. The lowest BCUT2D eigenvalue weighted by molar-refractivity contribution is -0.137. The molecule has 3 aromatic rings. The van der Waals surface area contributed by atoms with E-state index in [-0.39, 0.29) is 17.2 Å². The minimum atomic E-state index is -4.52. The van der Waals surface area contributed by atoms with Gasteiger partial charge in [-0.25, -0.2) is 4.39 Å². The van der Waals surface area contributed by atoms with Gasteiger partial charge in [-0.3, -0.25) is 4.40 Å². The molecule has 32 heavy (non-hydrogen) atoms. The zero-order valence-electron chi connectivity index (χ0n) is 17.4. The van der Waals surface area contributed by atoms with Crippen molar-refractivity contribution in [3.8, 4) is 18.6 Å². The van der Waals surface area contributed by atoms with Crippen LogP contribution in [-0.2, 0) is 12.6 Å². The van der Waals surface area contributed by atoms with Crippen LogP contribution in [0.25, 0.3) is 5.65 Å². The number of aromatic nitrogens is 3. The summed E-state index contributed by atoms with van der Waals surface area (Å²) in [5.41, 5.74) is -0.344. The number of halogens is 5. The van der Waals surface area contributed by atoms with Gasteiger partial charge in [-0.2, -0.15) is 13.2 Å². The van der Waals surface area contributed by atoms with Crippen LogP contribution in [-0.4, -0.2) is 21.7 Å². The maximum absolute atomic E-state index is 13.1. The summed E-state index contributed by atoms with van der Waals surface area (Å²) in [5.74, 6) is 1.11. The van der Waals surface area contributed by atoms with Crippen LogP contribution in [0.1, 0.15) is 48.6 Å². The number of fused-ring (bicyclic) bond motifs is 1. The van der Waals surface area contributed by atoms with E-state index in [0.29, 0.717) is 34.7 Å². The normalized spacial score (nSPS) is 15.4. The minimum absolute atomic E-state index is 0.153. The van der Waals surface area contributed by atoms with Gasteiger partial charge in [-0.1, -0.05) is 17.7 Å². The zero-order valence-corrected chi connectivity index (χ0v) is 18.1. The molecule has 2 saturated carbocycles. The molecule has 0 unspecified atom stereocenters. The van der Waals surface area contributed by atoms with Crippen LogP contribution in [0.3, 0.4) is 0 Å². The topological polar surface area (TPSA) is 39.4 Å². The van der Waals surface area contributed by atoms with E-state index in [1.807, 2.05) is 0 Å². The van der Waals surface area contributed by atoms with Gasteiger partial charge in [0.25, 0.3) is 0 Å². The van der Waals surface area contributed by atoms with Crippen molar-refractivity contribution in [1.29, 1.82) is 0 Å². The fourth-order valence-electron chi connectivity index (χ4n) is 3.42. The number of ether oxygens (including phenoxy) is 1. The molecule has 0 spiro atoms. The molecule has 2 aliphatic carbocycles. The van der Waals surface area contributed by atoms with E-state index in [1.165, 1.54) is 29.8 Å². The van der Waals surface area contributed by atoms with E-state index in [9.17, 15) is 17.6 Å². The fraction of sp³-hybridized carbons (Fsp3) is 0.391. The van der Waals surface area contributed by atoms with Gasteiger partial charge in [0.05, 0.1) is 7.11 Å². The molecule has 5 rings (SSSR count). The fourth-order valence-corrected chi connectivity index (χ4v) is 3.73. The highest BCUT2D eigenvalue weighted by Gasteiger charge is 2.38. The molecular formula is C23H22ClF4N3O. The molecular weight excluding hydrogens is 446 g/mol. The van der Waals surface area contributed by atoms with Crippen molar-refractivity contribution in [3.63, 3.8) is 0 Å². The molecule has 0 radical (unpaired) electrons. The smallest absolute Gasteiger partial charge is 0.423 e. The van der Waals surface area contributed by atoms with Crippen LogP contribution >= 0.6 is 11.6 Å². The van der Waals surface area contributed by atoms with Crippen LogP contribution in [0.4, 0.5) is 17.6 Å². The van der Waals surface area contributed by atoms with Crippen LogP contribution < -0.4 is 4.74 Å². The number of rotatable bonds is 4. The van der Waals surface area contributed by atoms with Crippen LogP contribution in [0.2, 0.25) is 5.02 Å². The Morgan fingerprint density at radius 2 is 1.81 bits per heavy atom. The van der Waals surface area contributed by atoms with E-state index < -0.39 is 11.7 Å². The first-order valence-electron chi connectivity index (χ1n) is 10.0. The Morgan fingerprint density at radius 1 is 1.12 bits per heavy atom. The average Bonchev–Trinajstić information content (AvgIpc) is 3.68. The highest BCUT2D eigenvalue weighted by molar-refractivity contribution is 6.31. The van der Waals surface area contributed by atoms with Gasteiger partial charge < -0.3 is 4.74 Å². The van der Waals surface area contributed by atoms with E-state index in [2.05, 4.69) is 23.0 Å². The number of pyridine rings is 1. The highest BCUT2D eigenvalue weighted by Crippen LogP contribution is 2.44. The Morgan fingerprint density at radius 3 is 2.34 bits per heavy atom. The summed E-state index contributed by atoms with van der Waals surface area (Å²) >= 11 is 5.82. The van der Waals surface area contributed by atoms with Crippen molar-refractivity contribution in [1.82, 2.24) is 14.6 Å². The highest BCUT2D eigenvalue weighted by atomic mass is 35.5. The van der Waals surface area contributed by atoms with Crippen molar-refractivity contribution >= 4 is 17.2 Å². The lowest BCUT2D eigenvalue weighted by Crippen LogP contribution is -2.10. The van der Waals surface area contributed by atoms with Gasteiger partial charge in [0.15, 0.2) is 5.65 Å². The third-order valence-corrected chi connectivity index (χ3v) is 5.60. The summed E-state index contributed by atoms with van der Waals surface area (Å²) in [4.78, 5) is 0. The predicted octanol–water partition coefficient (Wildman–Crippen LogP) is 6.32. The third-order valence-electron chi connectivity index (χ3n) is 5.27. The third kappa shape index (κ3) is 5.33. The van der Waals surface area contributed by atoms with E-state index in [4.69, 9.17) is 16.3 Å². The zero-order chi connectivity index (χ0) is 23.5. The first-order valence-corrected chi connectivity index (χ1v) is 10.4. The molecule has 0 bridgehead atoms. The second-order valence-electron chi connectivity index (χ2n) is 7.62. The number of nitrogens with zero attached hydrogens (tertiary/aromatic N) is 3. The van der Waals surface area contributed by atoms with Gasteiger partial charge in [0, 0.05) is 23.2 Å². The lowest BCUT2D eigenvalue weighted by atomic mass is 10.1. The SMILES string of the molecule is C#C.COc1ccn2c(CC3CC3)nnc2c1C(F)(F)F.Fc1cccc(Cl)c1C1CC1. The molecule has 0 N–H and O–H groups in total. The second-order valence-corrected chi connectivity index (χ2v) is 8.03. The maximum atomic E-state index is 13.1. The van der Waals surface area contributed by atoms with Gasteiger partial charge in [-0.05, 0) is 55.7 Å². The van der Waals surface area contributed by atoms with Crippen molar-refractivity contribution in [2.24, 2.45) is 5.92 Å². The number of alkyl halides is 3. The summed E-state index contributed by atoms with van der Waals surface area (Å²) in [5, 5.41) is 8.15. The molecule has 2 aliphatic rings. The molecule has 4 nitrogen and oxygen atoms in total. The summed E-state index contributed by atoms with van der Waals surface area (Å²) in [6.07, 6.45) is 10.1. The van der Waals surface area contributed by atoms with Gasteiger partial charge in [0.1, 0.15) is 23.0 Å². The monoisotopic (exact) mass is 467 g/mol. The molecule has 9 heteroatoms. The van der Waals surface area contributed by atoms with Crippen LogP contribution in [0, 0.1) is 24.6 Å². The molecule has 2 heterocycles. The first-order chi connectivity index (χ1) is 15.3. The molecule has 0 atom stereocenters. The number of methoxy groups -OCH3 is 1. The summed E-state index contributed by atoms with van der Waals surface area (Å²) in [6.45, 7) is 0. The van der Waals surface area contributed by atoms with Crippen molar-refractivity contribution in [2.45, 2.75) is 44.2 Å². The molecule has 0 amide bonds. The molecule has 0 aliphatic heterocycles. The van der Waals surface area contributed by atoms with Gasteiger partial charge in [0.2, 0.25) is 0 Å². The van der Waals surface area contributed by atoms with Crippen molar-refractivity contribution < 1.29 is 22.3 Å². The molecule has 2 aromatic heterocycles. The molecule has 170 valence electrons. The summed E-state index contributed by atoms with van der Waals surface area (Å²) in [7, 11) is 1.21. The Labute approximate surface area is 188 Å². The Bertz CT molecular complexity index is 1080. The Balaban J connectivity index is 0.000000189. The quantitative estimate of drug-likeness (QED) is 0.333. The minimum Gasteiger partial charge on any atom is -0.496 e. The standard InChI is InChI=1S/C12H12F3N3O.C9H8ClF.C2H2/c1-19-8-4-5-18-9(6-7-2-3-7)16-17-11(18)10(8)12(13,14)15;10-7-2-1-3-8(11)9(7)6-4-5-6;1-2/h4-5,7H,2-3,6H2,1H3;1-3,6H,4-5H2;1-2H. The van der Waals surface area contributed by atoms with Crippen LogP contribution in [0.15, 0.2) is 30.5 Å². The number of benzene rings is 1. The summed E-state index contributed by atoms with van der Waals surface area (Å²) < 4.78 is 58.5. The van der Waals surface area contributed by atoms with Crippen molar-refractivity contribution in [3.05, 3.63) is 58.3 Å². The van der Waals surface area contributed by atoms with Gasteiger partial charge >= 0.3 is 6.18 Å². The molecule has 0 saturated heterocycles. The van der Waals surface area contributed by atoms with Crippen molar-refractivity contribution in [2.75, 3.05) is 7.11 Å².